The molecule has 4 rings (SSSR count). The average Bonchev–Trinajstić information content (AvgIpc) is 3.58. The predicted molar refractivity (Wildman–Crippen MR) is 126 cm³/mol. The highest BCUT2D eigenvalue weighted by atomic mass is 32.2. The molecule has 0 saturated heterocycles. The third-order valence-corrected chi connectivity index (χ3v) is 7.23. The zero-order valence-electron chi connectivity index (χ0n) is 18.9. The lowest BCUT2D eigenvalue weighted by atomic mass is 10.2. The second-order valence-electron chi connectivity index (χ2n) is 8.30. The molecule has 0 radical (unpaired) electrons. The molecular weight excluding hydrogens is 458 g/mol. The molecule has 1 fully saturated rings. The van der Waals surface area contributed by atoms with Crippen molar-refractivity contribution >= 4 is 39.2 Å². The van der Waals surface area contributed by atoms with Crippen molar-refractivity contribution in [2.75, 3.05) is 29.9 Å². The maximum atomic E-state index is 12.7. The normalized spacial score (nSPS) is 15.0. The van der Waals surface area contributed by atoms with Gasteiger partial charge >= 0.3 is 5.97 Å². The van der Waals surface area contributed by atoms with E-state index in [2.05, 4.69) is 10.0 Å². The zero-order chi connectivity index (χ0) is 24.3. The number of nitrogens with one attached hydrogen (secondary N) is 2. The van der Waals surface area contributed by atoms with E-state index < -0.39 is 16.0 Å². The molecule has 0 unspecified atom stereocenters. The molecule has 1 saturated carbocycles. The molecule has 0 spiro atoms. The molecule has 1 aliphatic carbocycles. The number of ether oxygens (including phenoxy) is 1. The van der Waals surface area contributed by atoms with Crippen LogP contribution in [-0.4, -0.2) is 45.9 Å². The van der Waals surface area contributed by atoms with E-state index in [0.29, 0.717) is 24.2 Å². The Morgan fingerprint density at radius 1 is 1.09 bits per heavy atom. The minimum Gasteiger partial charge on any atom is -0.462 e. The topological polar surface area (TPSA) is 122 Å². The van der Waals surface area contributed by atoms with Gasteiger partial charge in [0.2, 0.25) is 21.8 Å². The van der Waals surface area contributed by atoms with Crippen LogP contribution >= 0.6 is 0 Å². The van der Waals surface area contributed by atoms with E-state index in [0.717, 1.165) is 24.1 Å². The third-order valence-electron chi connectivity index (χ3n) is 5.77. The standard InChI is InChI=1S/C24H27N3O6S/c1-2-33-24(30)17-5-7-19(8-6-17)26-22(28)11-13-25-34(31,32)20-9-10-21-18(15-20)12-14-27(21)23(29)16-3-4-16/h5-10,15-16,25H,2-4,11-14H2,1H3,(H,26,28). The largest absolute Gasteiger partial charge is 0.462 e. The monoisotopic (exact) mass is 485 g/mol. The molecular formula is C24H27N3O6S. The van der Waals surface area contributed by atoms with E-state index in [1.165, 1.54) is 6.07 Å². The van der Waals surface area contributed by atoms with E-state index >= 15 is 0 Å². The number of sulfonamides is 1. The maximum absolute atomic E-state index is 12.7. The van der Waals surface area contributed by atoms with Crippen molar-refractivity contribution in [1.29, 1.82) is 0 Å². The minimum absolute atomic E-state index is 0.0620. The first kappa shape index (κ1) is 23.9. The van der Waals surface area contributed by atoms with Crippen molar-refractivity contribution in [2.24, 2.45) is 5.92 Å². The highest BCUT2D eigenvalue weighted by molar-refractivity contribution is 7.89. The van der Waals surface area contributed by atoms with Crippen molar-refractivity contribution in [3.63, 3.8) is 0 Å². The molecule has 2 aliphatic rings. The van der Waals surface area contributed by atoms with Crippen molar-refractivity contribution in [3.8, 4) is 0 Å². The number of anilines is 2. The van der Waals surface area contributed by atoms with Crippen LogP contribution in [0.3, 0.4) is 0 Å². The quantitative estimate of drug-likeness (QED) is 0.526. The first-order valence-corrected chi connectivity index (χ1v) is 12.8. The fourth-order valence-electron chi connectivity index (χ4n) is 3.83. The number of carbonyl (C=O) groups excluding carboxylic acids is 3. The Balaban J connectivity index is 1.29. The number of hydrogen-bond acceptors (Lipinski definition) is 6. The Labute approximate surface area is 198 Å². The van der Waals surface area contributed by atoms with Gasteiger partial charge < -0.3 is 15.0 Å². The first-order chi connectivity index (χ1) is 16.3. The van der Waals surface area contributed by atoms with Crippen LogP contribution in [0.2, 0.25) is 0 Å². The molecule has 1 aliphatic heterocycles. The number of nitrogens with zero attached hydrogens (tertiary/aromatic N) is 1. The fourth-order valence-corrected chi connectivity index (χ4v) is 4.92. The van der Waals surface area contributed by atoms with Gasteiger partial charge in [0.1, 0.15) is 0 Å². The van der Waals surface area contributed by atoms with Crippen molar-refractivity contribution in [1.82, 2.24) is 4.72 Å². The van der Waals surface area contributed by atoms with Crippen molar-refractivity contribution < 1.29 is 27.5 Å². The average molecular weight is 486 g/mol. The molecule has 2 aromatic rings. The summed E-state index contributed by atoms with van der Waals surface area (Å²) in [6.45, 7) is 2.49. The lowest BCUT2D eigenvalue weighted by Crippen LogP contribution is -2.30. The lowest BCUT2D eigenvalue weighted by Gasteiger charge is -2.17. The van der Waals surface area contributed by atoms with Crippen LogP contribution in [0.4, 0.5) is 11.4 Å². The fraction of sp³-hybridized carbons (Fsp3) is 0.375. The lowest BCUT2D eigenvalue weighted by molar-refractivity contribution is -0.119. The second-order valence-corrected chi connectivity index (χ2v) is 10.1. The highest BCUT2D eigenvalue weighted by Gasteiger charge is 2.36. The third kappa shape index (κ3) is 5.45. The maximum Gasteiger partial charge on any atom is 0.338 e. The molecule has 0 atom stereocenters. The minimum atomic E-state index is -3.80. The predicted octanol–water partition coefficient (Wildman–Crippen LogP) is 2.47. The summed E-state index contributed by atoms with van der Waals surface area (Å²) in [5.74, 6) is -0.579. The zero-order valence-corrected chi connectivity index (χ0v) is 19.7. The summed E-state index contributed by atoms with van der Waals surface area (Å²) in [4.78, 5) is 38.1. The van der Waals surface area contributed by atoms with Gasteiger partial charge in [-0.15, -0.1) is 0 Å². The van der Waals surface area contributed by atoms with Gasteiger partial charge in [0.05, 0.1) is 17.1 Å². The van der Waals surface area contributed by atoms with Crippen LogP contribution in [-0.2, 0) is 30.8 Å². The van der Waals surface area contributed by atoms with Gasteiger partial charge in [-0.3, -0.25) is 9.59 Å². The Kier molecular flexibility index (Phi) is 6.99. The van der Waals surface area contributed by atoms with Crippen LogP contribution < -0.4 is 14.9 Å². The summed E-state index contributed by atoms with van der Waals surface area (Å²) in [7, 11) is -3.80. The molecule has 0 aromatic heterocycles. The summed E-state index contributed by atoms with van der Waals surface area (Å²) < 4.78 is 32.8. The summed E-state index contributed by atoms with van der Waals surface area (Å²) in [5.41, 5.74) is 2.48. The smallest absolute Gasteiger partial charge is 0.338 e. The number of rotatable bonds is 9. The highest BCUT2D eigenvalue weighted by Crippen LogP contribution is 2.37. The number of hydrogen-bond donors (Lipinski definition) is 2. The first-order valence-electron chi connectivity index (χ1n) is 11.3. The summed E-state index contributed by atoms with van der Waals surface area (Å²) in [5, 5.41) is 2.67. The Morgan fingerprint density at radius 3 is 2.50 bits per heavy atom. The van der Waals surface area contributed by atoms with Gasteiger partial charge in [-0.2, -0.15) is 0 Å². The SMILES string of the molecule is CCOC(=O)c1ccc(NC(=O)CCNS(=O)(=O)c2ccc3c(c2)CCN3C(=O)C2CC2)cc1. The number of fused-ring (bicyclic) bond motifs is 1. The van der Waals surface area contributed by atoms with Gasteiger partial charge in [-0.05, 0) is 74.2 Å². The number of esters is 1. The summed E-state index contributed by atoms with van der Waals surface area (Å²) in [6, 6.07) is 11.0. The van der Waals surface area contributed by atoms with Gasteiger partial charge in [0.15, 0.2) is 0 Å². The molecule has 9 nitrogen and oxygen atoms in total. The van der Waals surface area contributed by atoms with Crippen LogP contribution in [0.15, 0.2) is 47.4 Å². The number of amides is 2. The molecule has 0 bridgehead atoms. The van der Waals surface area contributed by atoms with Gasteiger partial charge in [-0.25, -0.2) is 17.9 Å². The van der Waals surface area contributed by atoms with Gasteiger partial charge in [0, 0.05) is 36.8 Å². The van der Waals surface area contributed by atoms with E-state index in [4.69, 9.17) is 4.74 Å². The second kappa shape index (κ2) is 9.94. The van der Waals surface area contributed by atoms with Crippen LogP contribution in [0.5, 0.6) is 0 Å². The summed E-state index contributed by atoms with van der Waals surface area (Å²) in [6.07, 6.45) is 2.41. The number of carbonyl (C=O) groups is 3. The molecule has 2 N–H and O–H groups in total. The van der Waals surface area contributed by atoms with E-state index in [1.54, 1.807) is 48.2 Å². The molecule has 34 heavy (non-hydrogen) atoms. The van der Waals surface area contributed by atoms with E-state index in [-0.39, 0.29) is 42.2 Å². The summed E-state index contributed by atoms with van der Waals surface area (Å²) >= 11 is 0. The van der Waals surface area contributed by atoms with Crippen LogP contribution in [0.25, 0.3) is 0 Å². The van der Waals surface area contributed by atoms with Crippen LogP contribution in [0, 0.1) is 5.92 Å². The molecule has 1 heterocycles. The van der Waals surface area contributed by atoms with Crippen molar-refractivity contribution in [3.05, 3.63) is 53.6 Å². The van der Waals surface area contributed by atoms with Crippen LogP contribution in [0.1, 0.15) is 42.1 Å². The van der Waals surface area contributed by atoms with Gasteiger partial charge in [0.25, 0.3) is 0 Å². The van der Waals surface area contributed by atoms with E-state index in [9.17, 15) is 22.8 Å². The van der Waals surface area contributed by atoms with Crippen molar-refractivity contribution in [2.45, 2.75) is 37.5 Å². The molecule has 180 valence electrons. The molecule has 2 amide bonds. The Hall–Kier alpha value is -3.24. The number of benzene rings is 2. The van der Waals surface area contributed by atoms with Gasteiger partial charge in [-0.1, -0.05) is 0 Å². The Bertz CT molecular complexity index is 1210. The van der Waals surface area contributed by atoms with E-state index in [1.807, 2.05) is 0 Å². The molecule has 2 aromatic carbocycles. The molecule has 10 heteroatoms. The Morgan fingerprint density at radius 2 is 1.82 bits per heavy atom.